The minimum absolute atomic E-state index is 0. The third-order valence-electron chi connectivity index (χ3n) is 1.64. The Morgan fingerprint density at radius 3 is 2.76 bits per heavy atom. The monoisotopic (exact) mass is 329 g/mol. The van der Waals surface area contributed by atoms with Gasteiger partial charge in [-0.05, 0) is 6.92 Å². The molecule has 1 aliphatic rings. The molecule has 0 radical (unpaired) electrons. The van der Waals surface area contributed by atoms with Crippen molar-refractivity contribution < 1.29 is 82.4 Å². The third-order valence-corrected chi connectivity index (χ3v) is 2.63. The number of amides is 1. The van der Waals surface area contributed by atoms with E-state index in [4.69, 9.17) is 4.74 Å². The van der Waals surface area contributed by atoms with E-state index in [1.165, 1.54) is 0 Å². The van der Waals surface area contributed by atoms with Crippen molar-refractivity contribution in [2.24, 2.45) is 4.99 Å². The molecule has 6 nitrogen and oxygen atoms in total. The van der Waals surface area contributed by atoms with Crippen molar-refractivity contribution in [3.8, 4) is 0 Å². The second kappa shape index (κ2) is 8.41. The fourth-order valence-electron chi connectivity index (χ4n) is 1.02. The summed E-state index contributed by atoms with van der Waals surface area (Å²) in [5.74, 6) is -0.683. The molecule has 1 heterocycles. The Kier molecular flexibility index (Phi) is 8.57. The molecule has 0 aromatic carbocycles. The number of aliphatic imine (C=N–C) groups is 1. The van der Waals surface area contributed by atoms with Crippen molar-refractivity contribution in [1.29, 1.82) is 0 Å². The zero-order valence-corrected chi connectivity index (χ0v) is 15.3. The topological polar surface area (TPSA) is 85.2 Å². The molecule has 0 saturated carbocycles. The first-order valence-electron chi connectivity index (χ1n) is 4.37. The number of hydrogen-bond acceptors (Lipinski definition) is 6. The Balaban J connectivity index is 0.00000256. The first-order valence-corrected chi connectivity index (χ1v) is 5.35. The van der Waals surface area contributed by atoms with Gasteiger partial charge in [-0.15, -0.1) is 0 Å². The molecule has 88 valence electrons. The van der Waals surface area contributed by atoms with Gasteiger partial charge in [-0.2, -0.15) is 12.1 Å². The van der Waals surface area contributed by atoms with Crippen LogP contribution in [0.25, 0.3) is 0 Å². The average Bonchev–Trinajstić information content (AvgIpc) is 2.60. The van der Waals surface area contributed by atoms with Gasteiger partial charge in [0.15, 0.2) is 0 Å². The summed E-state index contributed by atoms with van der Waals surface area (Å²) in [5, 5.41) is 9.54. The first-order chi connectivity index (χ1) is 7.60. The standard InChI is InChI=1S/C9H10NO5S.Rb/c1-3-15-8(12)6-5(11)4-16-7(6)10-9(13)14-2;/h11H,2-4H2,1H3;/q-1;+1/b10-7-;. The van der Waals surface area contributed by atoms with Crippen LogP contribution in [0.2, 0.25) is 0 Å². The van der Waals surface area contributed by atoms with Gasteiger partial charge in [0.1, 0.15) is 16.4 Å². The second-order valence-corrected chi connectivity index (χ2v) is 3.62. The van der Waals surface area contributed by atoms with Crippen LogP contribution in [0.4, 0.5) is 4.79 Å². The van der Waals surface area contributed by atoms with Gasteiger partial charge >= 0.3 is 70.3 Å². The molecular weight excluding hydrogens is 320 g/mol. The summed E-state index contributed by atoms with van der Waals surface area (Å²) in [6.07, 6.45) is -0.931. The summed E-state index contributed by atoms with van der Waals surface area (Å²) in [4.78, 5) is 25.8. The number of nitrogens with zero attached hydrogens (tertiary/aromatic N) is 1. The SMILES string of the molecule is [CH2-]OC(=O)/N=C1\SCC(O)=C1C(=O)OCC.[Rb+]. The number of hydrogen-bond donors (Lipinski definition) is 1. The minimum atomic E-state index is -0.931. The summed E-state index contributed by atoms with van der Waals surface area (Å²) in [6, 6.07) is 0. The molecule has 8 heteroatoms. The fourth-order valence-corrected chi connectivity index (χ4v) is 1.92. The van der Waals surface area contributed by atoms with Crippen molar-refractivity contribution in [2.45, 2.75) is 6.92 Å². The average molecular weight is 330 g/mol. The van der Waals surface area contributed by atoms with Crippen molar-refractivity contribution >= 4 is 28.9 Å². The van der Waals surface area contributed by atoms with Crippen LogP contribution in [0.5, 0.6) is 0 Å². The molecule has 1 amide bonds. The van der Waals surface area contributed by atoms with E-state index >= 15 is 0 Å². The molecule has 0 aromatic heterocycles. The number of aliphatic hydroxyl groups is 1. The normalized spacial score (nSPS) is 16.7. The molecule has 0 aromatic rings. The molecule has 0 aliphatic carbocycles. The van der Waals surface area contributed by atoms with E-state index in [-0.39, 0.29) is 86.9 Å². The number of carbonyl (C=O) groups is 2. The van der Waals surface area contributed by atoms with E-state index in [0.717, 1.165) is 11.8 Å². The molecule has 0 atom stereocenters. The Morgan fingerprint density at radius 1 is 1.59 bits per heavy atom. The molecule has 0 spiro atoms. The van der Waals surface area contributed by atoms with Gasteiger partial charge in [-0.25, -0.2) is 9.59 Å². The van der Waals surface area contributed by atoms with E-state index in [1.54, 1.807) is 6.92 Å². The van der Waals surface area contributed by atoms with Crippen LogP contribution in [-0.4, -0.2) is 34.6 Å². The molecule has 1 rings (SSSR count). The molecular formula is C9H10NO5RbS. The van der Waals surface area contributed by atoms with Crippen molar-refractivity contribution in [2.75, 3.05) is 12.4 Å². The van der Waals surface area contributed by atoms with E-state index < -0.39 is 12.1 Å². The van der Waals surface area contributed by atoms with Crippen LogP contribution in [0, 0.1) is 7.11 Å². The van der Waals surface area contributed by atoms with Crippen LogP contribution in [0.15, 0.2) is 16.3 Å². The van der Waals surface area contributed by atoms with Crippen LogP contribution in [0.1, 0.15) is 6.92 Å². The predicted molar refractivity (Wildman–Crippen MR) is 58.0 cm³/mol. The summed E-state index contributed by atoms with van der Waals surface area (Å²) < 4.78 is 8.81. The number of ether oxygens (including phenoxy) is 2. The van der Waals surface area contributed by atoms with Crippen LogP contribution in [0.3, 0.4) is 0 Å². The van der Waals surface area contributed by atoms with Gasteiger partial charge in [0, 0.05) is 0 Å². The van der Waals surface area contributed by atoms with Gasteiger partial charge in [-0.3, -0.25) is 0 Å². The molecule has 17 heavy (non-hydrogen) atoms. The van der Waals surface area contributed by atoms with E-state index in [9.17, 15) is 14.7 Å². The number of carbonyl (C=O) groups excluding carboxylic acids is 2. The van der Waals surface area contributed by atoms with Crippen molar-refractivity contribution in [1.82, 2.24) is 0 Å². The second-order valence-electron chi connectivity index (χ2n) is 2.66. The molecule has 0 fully saturated rings. The summed E-state index contributed by atoms with van der Waals surface area (Å²) in [5.41, 5.74) is -0.0859. The smallest absolute Gasteiger partial charge is 0.622 e. The fraction of sp³-hybridized carbons (Fsp3) is 0.333. The first kappa shape index (κ1) is 17.3. The van der Waals surface area contributed by atoms with Crippen LogP contribution in [-0.2, 0) is 14.3 Å². The maximum Gasteiger partial charge on any atom is 1.00 e. The molecule has 0 unspecified atom stereocenters. The predicted octanol–water partition coefficient (Wildman–Crippen LogP) is -1.56. The Hall–Kier alpha value is 0.305. The summed E-state index contributed by atoms with van der Waals surface area (Å²) in [6.45, 7) is 1.81. The molecule has 0 saturated heterocycles. The van der Waals surface area contributed by atoms with Gasteiger partial charge in [0.05, 0.1) is 12.4 Å². The largest absolute Gasteiger partial charge is 1.00 e. The van der Waals surface area contributed by atoms with Crippen molar-refractivity contribution in [3.05, 3.63) is 18.4 Å². The van der Waals surface area contributed by atoms with Crippen LogP contribution >= 0.6 is 11.8 Å². The molecule has 0 bridgehead atoms. The van der Waals surface area contributed by atoms with Gasteiger partial charge in [0.25, 0.3) is 0 Å². The van der Waals surface area contributed by atoms with Gasteiger partial charge in [-0.1, -0.05) is 11.8 Å². The maximum absolute atomic E-state index is 11.4. The summed E-state index contributed by atoms with van der Waals surface area (Å²) in [7, 11) is 2.89. The van der Waals surface area contributed by atoms with Gasteiger partial charge < -0.3 is 14.6 Å². The quantitative estimate of drug-likeness (QED) is 0.487. The summed E-state index contributed by atoms with van der Waals surface area (Å²) >= 11 is 1.05. The number of esters is 1. The Bertz CT molecular complexity index is 380. The Labute approximate surface area is 152 Å². The third kappa shape index (κ3) is 4.82. The zero-order valence-electron chi connectivity index (χ0n) is 9.56. The van der Waals surface area contributed by atoms with E-state index in [1.807, 2.05) is 0 Å². The number of aliphatic hydroxyl groups excluding tert-OH is 1. The maximum atomic E-state index is 11.4. The molecule has 1 aliphatic heterocycles. The van der Waals surface area contributed by atoms with E-state index in [0.29, 0.717) is 0 Å². The van der Waals surface area contributed by atoms with Crippen molar-refractivity contribution in [3.63, 3.8) is 0 Å². The Morgan fingerprint density at radius 2 is 2.24 bits per heavy atom. The van der Waals surface area contributed by atoms with Crippen LogP contribution < -0.4 is 58.2 Å². The zero-order chi connectivity index (χ0) is 12.1. The molecule has 1 N–H and O–H groups in total. The number of rotatable bonds is 2. The minimum Gasteiger partial charge on any atom is -0.622 e. The van der Waals surface area contributed by atoms with E-state index in [2.05, 4.69) is 16.8 Å². The van der Waals surface area contributed by atoms with Gasteiger partial charge in [0.2, 0.25) is 0 Å². The number of thioether (sulfide) groups is 1.